The van der Waals surface area contributed by atoms with E-state index in [0.717, 1.165) is 0 Å². The first-order valence-electron chi connectivity index (χ1n) is 4.92. The van der Waals surface area contributed by atoms with Gasteiger partial charge in [0.15, 0.2) is 12.4 Å². The van der Waals surface area contributed by atoms with Gasteiger partial charge in [-0.25, -0.2) is 0 Å². The number of carbonyl (C=O) groups is 1. The van der Waals surface area contributed by atoms with E-state index in [2.05, 4.69) is 15.9 Å². The maximum absolute atomic E-state index is 11.6. The fourth-order valence-corrected chi connectivity index (χ4v) is 2.11. The molecule has 1 heterocycles. The molecule has 18 heavy (non-hydrogen) atoms. The standard InChI is InChI=1S/C12H7BrCl2O3/c13-7-4-9(15)12(5-8(7)14)18-6-10(16)11-2-1-3-17-11/h1-5H,6H2. The molecule has 1 aromatic carbocycles. The fraction of sp³-hybridized carbons (Fsp3) is 0.0833. The number of furan rings is 1. The zero-order valence-corrected chi connectivity index (χ0v) is 12.1. The topological polar surface area (TPSA) is 39.4 Å². The molecule has 0 amide bonds. The average Bonchev–Trinajstić information content (AvgIpc) is 2.85. The van der Waals surface area contributed by atoms with Crippen molar-refractivity contribution < 1.29 is 13.9 Å². The van der Waals surface area contributed by atoms with Crippen LogP contribution in [0.5, 0.6) is 5.75 Å². The minimum Gasteiger partial charge on any atom is -0.484 e. The molecular formula is C12H7BrCl2O3. The molecular weight excluding hydrogens is 343 g/mol. The third kappa shape index (κ3) is 3.07. The van der Waals surface area contributed by atoms with Gasteiger partial charge in [-0.2, -0.15) is 0 Å². The Labute approximate surface area is 122 Å². The van der Waals surface area contributed by atoms with Gasteiger partial charge in [0.25, 0.3) is 0 Å². The highest BCUT2D eigenvalue weighted by Crippen LogP contribution is 2.34. The molecule has 0 saturated carbocycles. The number of hydrogen-bond donors (Lipinski definition) is 0. The normalized spacial score (nSPS) is 10.4. The largest absolute Gasteiger partial charge is 0.484 e. The van der Waals surface area contributed by atoms with Crippen molar-refractivity contribution in [2.75, 3.05) is 6.61 Å². The van der Waals surface area contributed by atoms with Gasteiger partial charge in [0.05, 0.1) is 16.3 Å². The number of benzene rings is 1. The summed E-state index contributed by atoms with van der Waals surface area (Å²) in [7, 11) is 0. The van der Waals surface area contributed by atoms with Crippen molar-refractivity contribution in [1.82, 2.24) is 0 Å². The molecule has 0 fully saturated rings. The highest BCUT2D eigenvalue weighted by Gasteiger charge is 2.12. The summed E-state index contributed by atoms with van der Waals surface area (Å²) >= 11 is 15.1. The molecule has 0 aliphatic heterocycles. The Hall–Kier alpha value is -0.970. The second-order valence-corrected chi connectivity index (χ2v) is 5.05. The molecule has 0 aliphatic rings. The fourth-order valence-electron chi connectivity index (χ4n) is 1.27. The number of ether oxygens (including phenoxy) is 1. The monoisotopic (exact) mass is 348 g/mol. The molecule has 3 nitrogen and oxygen atoms in total. The van der Waals surface area contributed by atoms with Crippen LogP contribution in [-0.4, -0.2) is 12.4 Å². The summed E-state index contributed by atoms with van der Waals surface area (Å²) in [5, 5.41) is 0.832. The first-order valence-corrected chi connectivity index (χ1v) is 6.47. The Kier molecular flexibility index (Phi) is 4.32. The van der Waals surface area contributed by atoms with E-state index < -0.39 is 0 Å². The van der Waals surface area contributed by atoms with Crippen LogP contribution in [0, 0.1) is 0 Å². The SMILES string of the molecule is O=C(COc1cc(Cl)c(Br)cc1Cl)c1ccco1. The lowest BCUT2D eigenvalue weighted by Gasteiger charge is -2.08. The van der Waals surface area contributed by atoms with Crippen molar-refractivity contribution in [3.8, 4) is 5.75 Å². The molecule has 0 saturated heterocycles. The minimum atomic E-state index is -0.268. The first kappa shape index (κ1) is 13.5. The third-order valence-corrected chi connectivity index (χ3v) is 3.62. The average molecular weight is 350 g/mol. The van der Waals surface area contributed by atoms with Crippen LogP contribution < -0.4 is 4.74 Å². The van der Waals surface area contributed by atoms with Gasteiger partial charge in [0.2, 0.25) is 5.78 Å². The molecule has 0 atom stereocenters. The molecule has 1 aromatic heterocycles. The van der Waals surface area contributed by atoms with Crippen molar-refractivity contribution in [2.24, 2.45) is 0 Å². The van der Waals surface area contributed by atoms with Crippen LogP contribution in [0.25, 0.3) is 0 Å². The molecule has 0 unspecified atom stereocenters. The molecule has 0 bridgehead atoms. The summed E-state index contributed by atoms with van der Waals surface area (Å²) in [4.78, 5) is 11.6. The Balaban J connectivity index is 2.07. The van der Waals surface area contributed by atoms with E-state index in [1.807, 2.05) is 0 Å². The summed E-state index contributed by atoms with van der Waals surface area (Å²) in [6.45, 7) is -0.162. The van der Waals surface area contributed by atoms with Gasteiger partial charge < -0.3 is 9.15 Å². The van der Waals surface area contributed by atoms with Crippen LogP contribution in [0.15, 0.2) is 39.4 Å². The lowest BCUT2D eigenvalue weighted by Crippen LogP contribution is -2.10. The van der Waals surface area contributed by atoms with Gasteiger partial charge in [0, 0.05) is 10.5 Å². The van der Waals surface area contributed by atoms with Crippen LogP contribution in [0.3, 0.4) is 0 Å². The van der Waals surface area contributed by atoms with Crippen molar-refractivity contribution in [3.63, 3.8) is 0 Å². The smallest absolute Gasteiger partial charge is 0.235 e. The van der Waals surface area contributed by atoms with Crippen LogP contribution >= 0.6 is 39.1 Å². The Morgan fingerprint density at radius 1 is 1.33 bits per heavy atom. The quantitative estimate of drug-likeness (QED) is 0.597. The highest BCUT2D eigenvalue weighted by molar-refractivity contribution is 9.10. The van der Waals surface area contributed by atoms with Gasteiger partial charge in [-0.1, -0.05) is 23.2 Å². The lowest BCUT2D eigenvalue weighted by molar-refractivity contribution is 0.0894. The Bertz CT molecular complexity index is 567. The lowest BCUT2D eigenvalue weighted by atomic mass is 10.3. The Morgan fingerprint density at radius 3 is 2.78 bits per heavy atom. The van der Waals surface area contributed by atoms with Gasteiger partial charge >= 0.3 is 0 Å². The second-order valence-electron chi connectivity index (χ2n) is 3.39. The predicted molar refractivity (Wildman–Crippen MR) is 72.7 cm³/mol. The molecule has 2 rings (SSSR count). The number of ketones is 1. The van der Waals surface area contributed by atoms with Crippen LogP contribution in [0.1, 0.15) is 10.6 Å². The molecule has 94 valence electrons. The zero-order chi connectivity index (χ0) is 13.1. The van der Waals surface area contributed by atoms with Crippen LogP contribution in [0.4, 0.5) is 0 Å². The van der Waals surface area contributed by atoms with E-state index >= 15 is 0 Å². The van der Waals surface area contributed by atoms with E-state index in [1.165, 1.54) is 6.26 Å². The van der Waals surface area contributed by atoms with E-state index in [-0.39, 0.29) is 18.2 Å². The van der Waals surface area contributed by atoms with Gasteiger partial charge in [-0.15, -0.1) is 0 Å². The Morgan fingerprint density at radius 2 is 2.11 bits per heavy atom. The summed E-state index contributed by atoms with van der Waals surface area (Å²) in [6, 6.07) is 6.36. The summed E-state index contributed by atoms with van der Waals surface area (Å²) < 4.78 is 10.9. The molecule has 0 spiro atoms. The molecule has 0 aliphatic carbocycles. The van der Waals surface area contributed by atoms with E-state index in [9.17, 15) is 4.79 Å². The molecule has 2 aromatic rings. The van der Waals surface area contributed by atoms with Gasteiger partial charge in [-0.3, -0.25) is 4.79 Å². The van der Waals surface area contributed by atoms with Crippen molar-refractivity contribution in [1.29, 1.82) is 0 Å². The van der Waals surface area contributed by atoms with Crippen molar-refractivity contribution in [3.05, 3.63) is 50.8 Å². The number of rotatable bonds is 4. The first-order chi connectivity index (χ1) is 8.58. The highest BCUT2D eigenvalue weighted by atomic mass is 79.9. The molecule has 0 N–H and O–H groups in total. The molecule has 0 radical (unpaired) electrons. The van der Waals surface area contributed by atoms with Gasteiger partial charge in [0.1, 0.15) is 5.75 Å². The number of Topliss-reactive ketones (excluding diaryl/α,β-unsaturated/α-hetero) is 1. The van der Waals surface area contributed by atoms with Crippen molar-refractivity contribution in [2.45, 2.75) is 0 Å². The van der Waals surface area contributed by atoms with E-state index in [4.69, 9.17) is 32.4 Å². The molecule has 6 heteroatoms. The second kappa shape index (κ2) is 5.78. The number of hydrogen-bond acceptors (Lipinski definition) is 3. The van der Waals surface area contributed by atoms with Gasteiger partial charge in [-0.05, 0) is 34.1 Å². The summed E-state index contributed by atoms with van der Waals surface area (Å²) in [5.74, 6) is 0.328. The van der Waals surface area contributed by atoms with Crippen LogP contribution in [-0.2, 0) is 0 Å². The maximum Gasteiger partial charge on any atom is 0.235 e. The zero-order valence-electron chi connectivity index (χ0n) is 8.95. The van der Waals surface area contributed by atoms with E-state index in [1.54, 1.807) is 24.3 Å². The third-order valence-electron chi connectivity index (χ3n) is 2.13. The van der Waals surface area contributed by atoms with Crippen molar-refractivity contribution >= 4 is 44.9 Å². The summed E-state index contributed by atoms with van der Waals surface area (Å²) in [6.07, 6.45) is 1.43. The summed E-state index contributed by atoms with van der Waals surface area (Å²) in [5.41, 5.74) is 0. The number of halogens is 3. The van der Waals surface area contributed by atoms with Crippen LogP contribution in [0.2, 0.25) is 10.0 Å². The van der Waals surface area contributed by atoms with E-state index in [0.29, 0.717) is 20.3 Å². The maximum atomic E-state index is 11.6. The minimum absolute atomic E-state index is 0.162. The predicted octanol–water partition coefficient (Wildman–Crippen LogP) is 4.61. The number of carbonyl (C=O) groups excluding carboxylic acids is 1.